The molecule has 199 valence electrons. The maximum Gasteiger partial charge on any atom is 0.157 e. The number of benzene rings is 3. The van der Waals surface area contributed by atoms with Crippen LogP contribution in [0.1, 0.15) is 22.3 Å². The van der Waals surface area contributed by atoms with Gasteiger partial charge < -0.3 is 9.47 Å². The van der Waals surface area contributed by atoms with Gasteiger partial charge in [0.05, 0.1) is 27.0 Å². The Hall–Kier alpha value is -4.22. The third kappa shape index (κ3) is 9.24. The number of hydrogen-bond acceptors (Lipinski definition) is 4. The van der Waals surface area contributed by atoms with Crippen LogP contribution in [0.15, 0.2) is 121 Å². The van der Waals surface area contributed by atoms with Crippen molar-refractivity contribution in [1.29, 1.82) is 0 Å². The van der Waals surface area contributed by atoms with Gasteiger partial charge in [-0.1, -0.05) is 101 Å². The van der Waals surface area contributed by atoms with Crippen molar-refractivity contribution in [2.45, 2.75) is 20.2 Å². The van der Waals surface area contributed by atoms with Crippen LogP contribution in [-0.2, 0) is 11.2 Å². The van der Waals surface area contributed by atoms with Crippen LogP contribution in [0, 0.1) is 13.8 Å². The molecule has 1 aliphatic heterocycles. The van der Waals surface area contributed by atoms with Gasteiger partial charge in [0.1, 0.15) is 11.5 Å². The highest BCUT2D eigenvalue weighted by Gasteiger charge is 2.05. The first kappa shape index (κ1) is 29.3. The number of allylic oxidation sites excluding steroid dienone is 7. The van der Waals surface area contributed by atoms with Crippen LogP contribution in [0.2, 0.25) is 0 Å². The lowest BCUT2D eigenvalue weighted by Gasteiger charge is -2.19. The molecule has 0 N–H and O–H groups in total. The van der Waals surface area contributed by atoms with E-state index in [1.807, 2.05) is 91.2 Å². The second-order valence-corrected chi connectivity index (χ2v) is 8.85. The van der Waals surface area contributed by atoms with Gasteiger partial charge in [0, 0.05) is 11.8 Å². The van der Waals surface area contributed by atoms with Gasteiger partial charge in [0.15, 0.2) is 7.28 Å². The Morgan fingerprint density at radius 1 is 0.769 bits per heavy atom. The summed E-state index contributed by atoms with van der Waals surface area (Å²) in [5.41, 5.74) is 7.36. The van der Waals surface area contributed by atoms with Crippen LogP contribution in [0.5, 0.6) is 11.5 Å². The summed E-state index contributed by atoms with van der Waals surface area (Å²) in [6.07, 6.45) is 18.6. The number of ether oxygens (including phenoxy) is 2. The first-order valence-electron chi connectivity index (χ1n) is 12.9. The van der Waals surface area contributed by atoms with Gasteiger partial charge in [-0.3, -0.25) is 4.84 Å². The van der Waals surface area contributed by atoms with Crippen molar-refractivity contribution in [1.82, 2.24) is 5.06 Å². The molecule has 0 spiro atoms. The van der Waals surface area contributed by atoms with Crippen molar-refractivity contribution >= 4 is 18.8 Å². The molecule has 39 heavy (non-hydrogen) atoms. The van der Waals surface area contributed by atoms with Gasteiger partial charge >= 0.3 is 0 Å². The number of methoxy groups -OCH3 is 2. The predicted octanol–water partition coefficient (Wildman–Crippen LogP) is 6.94. The topological polar surface area (TPSA) is 30.9 Å². The maximum atomic E-state index is 5.30. The number of aryl methyl sites for hydroxylation is 2. The molecule has 4 nitrogen and oxygen atoms in total. The first-order chi connectivity index (χ1) is 19.0. The summed E-state index contributed by atoms with van der Waals surface area (Å²) in [6, 6.07) is 22.6. The zero-order valence-corrected chi connectivity index (χ0v) is 23.5. The number of hydroxylamine groups is 2. The monoisotopic (exact) mass is 518 g/mol. The standard InChI is InChI=1S/C18H19NO2.C16H18BO/c1-20-18-14-7-6-11-16(18)10-4-3-5-12-17-13-8-9-15-19(17)21-2;1-12-5-4-6-13(2)16(12)17-11-14-7-9-15(18-3)10-8-14/h3-15H,1-2H3;4-10H,11H2,1-3H3/b5-3+,10-4+,17-12+;. The molecular formula is C34H37BNO3. The molecule has 4 rings (SSSR count). The number of para-hydroxylation sites is 1. The van der Waals surface area contributed by atoms with E-state index in [-0.39, 0.29) is 0 Å². The third-order valence-corrected chi connectivity index (χ3v) is 6.20. The van der Waals surface area contributed by atoms with Crippen molar-refractivity contribution in [3.05, 3.63) is 143 Å². The van der Waals surface area contributed by atoms with Gasteiger partial charge in [-0.15, -0.1) is 0 Å². The summed E-state index contributed by atoms with van der Waals surface area (Å²) >= 11 is 0. The molecule has 1 aliphatic rings. The lowest BCUT2D eigenvalue weighted by molar-refractivity contribution is -0.0534. The summed E-state index contributed by atoms with van der Waals surface area (Å²) in [5.74, 6) is 1.78. The van der Waals surface area contributed by atoms with Crippen molar-refractivity contribution in [2.75, 3.05) is 21.3 Å². The molecule has 5 heteroatoms. The third-order valence-electron chi connectivity index (χ3n) is 6.20. The summed E-state index contributed by atoms with van der Waals surface area (Å²) in [6.45, 7) is 4.32. The minimum atomic E-state index is 0.867. The molecular weight excluding hydrogens is 481 g/mol. The molecule has 3 aromatic carbocycles. The fraction of sp³-hybridized carbons (Fsp3) is 0.176. The SMILES string of the molecule is COc1ccc(C[B]c2c(C)cccc2C)cc1.COc1ccccc1/C=C/C=C/C=C1\C=CC=CN1OC. The normalized spacial score (nSPS) is 13.6. The van der Waals surface area contributed by atoms with Crippen LogP contribution in [0.4, 0.5) is 0 Å². The van der Waals surface area contributed by atoms with E-state index >= 15 is 0 Å². The van der Waals surface area contributed by atoms with Gasteiger partial charge in [0.2, 0.25) is 0 Å². The smallest absolute Gasteiger partial charge is 0.157 e. The molecule has 0 aromatic heterocycles. The fourth-order valence-electron chi connectivity index (χ4n) is 4.05. The zero-order chi connectivity index (χ0) is 27.9. The average Bonchev–Trinajstić information content (AvgIpc) is 2.98. The van der Waals surface area contributed by atoms with Crippen LogP contribution < -0.4 is 14.9 Å². The Labute approximate surface area is 234 Å². The number of hydrogen-bond donors (Lipinski definition) is 0. The molecule has 1 heterocycles. The maximum absolute atomic E-state index is 5.30. The average molecular weight is 518 g/mol. The second-order valence-electron chi connectivity index (χ2n) is 8.85. The molecule has 0 bridgehead atoms. The Kier molecular flexibility index (Phi) is 12.0. The van der Waals surface area contributed by atoms with Gasteiger partial charge in [-0.05, 0) is 56.6 Å². The molecule has 1 radical (unpaired) electrons. The zero-order valence-electron chi connectivity index (χ0n) is 23.5. The van der Waals surface area contributed by atoms with Gasteiger partial charge in [0.25, 0.3) is 0 Å². The second kappa shape index (κ2) is 15.9. The number of rotatable bonds is 9. The quantitative estimate of drug-likeness (QED) is 0.227. The molecule has 0 fully saturated rings. The van der Waals surface area contributed by atoms with E-state index in [9.17, 15) is 0 Å². The van der Waals surface area contributed by atoms with Crippen molar-refractivity contribution in [3.8, 4) is 11.5 Å². The van der Waals surface area contributed by atoms with E-state index in [4.69, 9.17) is 14.3 Å². The van der Waals surface area contributed by atoms with Crippen molar-refractivity contribution in [3.63, 3.8) is 0 Å². The number of nitrogens with zero attached hydrogens (tertiary/aromatic N) is 1. The molecule has 0 atom stereocenters. The van der Waals surface area contributed by atoms with Crippen LogP contribution in [0.3, 0.4) is 0 Å². The summed E-state index contributed by atoms with van der Waals surface area (Å²) < 4.78 is 10.5. The minimum Gasteiger partial charge on any atom is -0.497 e. The van der Waals surface area contributed by atoms with Crippen LogP contribution in [0.25, 0.3) is 6.08 Å². The lowest BCUT2D eigenvalue weighted by atomic mass is 9.62. The summed E-state index contributed by atoms with van der Waals surface area (Å²) in [4.78, 5) is 5.22. The van der Waals surface area contributed by atoms with Gasteiger partial charge in [-0.25, -0.2) is 5.06 Å². The van der Waals surface area contributed by atoms with Gasteiger partial charge in [-0.2, -0.15) is 0 Å². The molecule has 0 aliphatic carbocycles. The van der Waals surface area contributed by atoms with Crippen molar-refractivity contribution < 1.29 is 14.3 Å². The van der Waals surface area contributed by atoms with E-state index < -0.39 is 0 Å². The summed E-state index contributed by atoms with van der Waals surface area (Å²) in [7, 11) is 7.31. The molecule has 0 amide bonds. The Bertz CT molecular complexity index is 1320. The summed E-state index contributed by atoms with van der Waals surface area (Å²) in [5, 5.41) is 1.70. The predicted molar refractivity (Wildman–Crippen MR) is 164 cm³/mol. The van der Waals surface area contributed by atoms with E-state index in [1.54, 1.807) is 26.4 Å². The highest BCUT2D eigenvalue weighted by molar-refractivity contribution is 6.54. The Morgan fingerprint density at radius 2 is 1.51 bits per heavy atom. The van der Waals surface area contributed by atoms with E-state index in [0.29, 0.717) is 0 Å². The Morgan fingerprint density at radius 3 is 2.21 bits per heavy atom. The van der Waals surface area contributed by atoms with Crippen LogP contribution in [-0.4, -0.2) is 33.7 Å². The van der Waals surface area contributed by atoms with E-state index in [2.05, 4.69) is 51.5 Å². The fourth-order valence-corrected chi connectivity index (χ4v) is 4.05. The van der Waals surface area contributed by atoms with Crippen molar-refractivity contribution in [2.24, 2.45) is 0 Å². The largest absolute Gasteiger partial charge is 0.497 e. The Balaban J connectivity index is 0.000000218. The molecule has 0 saturated heterocycles. The van der Waals surface area contributed by atoms with E-state index in [0.717, 1.165) is 29.1 Å². The lowest BCUT2D eigenvalue weighted by Crippen LogP contribution is -2.22. The first-order valence-corrected chi connectivity index (χ1v) is 12.9. The molecule has 0 saturated carbocycles. The highest BCUT2D eigenvalue weighted by Crippen LogP contribution is 2.18. The minimum absolute atomic E-state index is 0.867. The van der Waals surface area contributed by atoms with E-state index in [1.165, 1.54) is 22.2 Å². The highest BCUT2D eigenvalue weighted by atomic mass is 16.7. The molecule has 0 unspecified atom stereocenters. The molecule has 3 aromatic rings. The van der Waals surface area contributed by atoms with Crippen LogP contribution >= 0.6 is 0 Å².